The zero-order valence-electron chi connectivity index (χ0n) is 18.3. The van der Waals surface area contributed by atoms with Gasteiger partial charge in [0.2, 0.25) is 0 Å². The van der Waals surface area contributed by atoms with E-state index in [0.29, 0.717) is 23.1 Å². The summed E-state index contributed by atoms with van der Waals surface area (Å²) in [6.45, 7) is 6.50. The molecule has 32 heavy (non-hydrogen) atoms. The Balaban J connectivity index is 1.24. The predicted octanol–water partition coefficient (Wildman–Crippen LogP) is 4.72. The molecule has 2 saturated heterocycles. The normalized spacial score (nSPS) is 18.3. The Morgan fingerprint density at radius 1 is 1.03 bits per heavy atom. The number of hydrogen-bond acceptors (Lipinski definition) is 5. The number of ether oxygens (including phenoxy) is 1. The van der Waals surface area contributed by atoms with Crippen molar-refractivity contribution < 1.29 is 9.53 Å². The Labute approximate surface area is 188 Å². The van der Waals surface area contributed by atoms with Crippen molar-refractivity contribution in [3.63, 3.8) is 0 Å². The number of nitrogens with one attached hydrogen (secondary N) is 1. The van der Waals surface area contributed by atoms with Crippen molar-refractivity contribution in [2.45, 2.75) is 25.8 Å². The summed E-state index contributed by atoms with van der Waals surface area (Å²) in [5.41, 5.74) is 3.53. The average molecular weight is 429 g/mol. The molecule has 1 aromatic heterocycles. The number of pyridine rings is 1. The lowest BCUT2D eigenvalue weighted by Crippen LogP contribution is -2.50. The molecular formula is C26H28N4O2. The second-order valence-corrected chi connectivity index (χ2v) is 8.54. The Morgan fingerprint density at radius 2 is 1.84 bits per heavy atom. The molecule has 2 fully saturated rings. The number of aryl methyl sites for hydroxylation is 1. The van der Waals surface area contributed by atoms with Crippen LogP contribution in [-0.2, 0) is 0 Å². The second-order valence-electron chi connectivity index (χ2n) is 8.54. The molecule has 164 valence electrons. The highest BCUT2D eigenvalue weighted by molar-refractivity contribution is 6.04. The predicted molar refractivity (Wildman–Crippen MR) is 127 cm³/mol. The molecular weight excluding hydrogens is 400 g/mol. The lowest BCUT2D eigenvalue weighted by Gasteiger charge is -2.38. The van der Waals surface area contributed by atoms with E-state index in [9.17, 15) is 4.79 Å². The van der Waals surface area contributed by atoms with Crippen molar-refractivity contribution in [2.24, 2.45) is 0 Å². The van der Waals surface area contributed by atoms with Gasteiger partial charge in [0.1, 0.15) is 11.5 Å². The maximum atomic E-state index is 12.8. The summed E-state index contributed by atoms with van der Waals surface area (Å²) < 4.78 is 5.93. The van der Waals surface area contributed by atoms with Crippen LogP contribution in [0.15, 0.2) is 67.0 Å². The summed E-state index contributed by atoms with van der Waals surface area (Å²) in [7, 11) is 0. The van der Waals surface area contributed by atoms with Gasteiger partial charge in [-0.25, -0.2) is 0 Å². The van der Waals surface area contributed by atoms with Gasteiger partial charge in [-0.1, -0.05) is 6.07 Å². The van der Waals surface area contributed by atoms with E-state index >= 15 is 0 Å². The highest BCUT2D eigenvalue weighted by Gasteiger charge is 2.30. The second kappa shape index (κ2) is 9.01. The fourth-order valence-electron chi connectivity index (χ4n) is 4.57. The molecule has 1 amide bonds. The van der Waals surface area contributed by atoms with E-state index in [-0.39, 0.29) is 5.91 Å². The highest BCUT2D eigenvalue weighted by atomic mass is 16.5. The third kappa shape index (κ3) is 4.46. The number of fused-ring (bicyclic) bond motifs is 1. The first-order chi connectivity index (χ1) is 15.7. The van der Waals surface area contributed by atoms with Crippen LogP contribution in [-0.4, -0.2) is 48.0 Å². The molecule has 6 nitrogen and oxygen atoms in total. The number of aromatic nitrogens is 1. The monoisotopic (exact) mass is 428 g/mol. The molecule has 3 heterocycles. The first-order valence-corrected chi connectivity index (χ1v) is 11.2. The minimum absolute atomic E-state index is 0.156. The maximum absolute atomic E-state index is 12.8. The van der Waals surface area contributed by atoms with Crippen molar-refractivity contribution in [1.82, 2.24) is 9.88 Å². The molecule has 0 radical (unpaired) electrons. The van der Waals surface area contributed by atoms with Gasteiger partial charge in [-0.15, -0.1) is 0 Å². The van der Waals surface area contributed by atoms with E-state index in [1.807, 2.05) is 31.2 Å². The molecule has 1 atom stereocenters. The number of piperazine rings is 1. The Morgan fingerprint density at radius 3 is 2.66 bits per heavy atom. The van der Waals surface area contributed by atoms with Crippen LogP contribution in [0, 0.1) is 6.92 Å². The summed E-state index contributed by atoms with van der Waals surface area (Å²) in [6.07, 6.45) is 5.98. The zero-order valence-corrected chi connectivity index (χ0v) is 18.3. The summed E-state index contributed by atoms with van der Waals surface area (Å²) in [6, 6.07) is 17.9. The van der Waals surface area contributed by atoms with Gasteiger partial charge in [0.15, 0.2) is 0 Å². The molecule has 1 N–H and O–H groups in total. The van der Waals surface area contributed by atoms with Crippen LogP contribution < -0.4 is 15.0 Å². The number of rotatable bonds is 5. The van der Waals surface area contributed by atoms with Crippen LogP contribution in [0.1, 0.15) is 28.8 Å². The topological polar surface area (TPSA) is 57.7 Å². The minimum Gasteiger partial charge on any atom is -0.457 e. The van der Waals surface area contributed by atoms with E-state index < -0.39 is 0 Å². The van der Waals surface area contributed by atoms with Crippen molar-refractivity contribution in [3.05, 3.63) is 78.1 Å². The van der Waals surface area contributed by atoms with Crippen LogP contribution >= 0.6 is 0 Å². The number of hydrogen-bond donors (Lipinski definition) is 1. The van der Waals surface area contributed by atoms with Gasteiger partial charge < -0.3 is 15.0 Å². The fraction of sp³-hybridized carbons (Fsp3) is 0.308. The van der Waals surface area contributed by atoms with E-state index in [2.05, 4.69) is 32.2 Å². The van der Waals surface area contributed by atoms with Crippen molar-refractivity contribution in [3.8, 4) is 11.5 Å². The lowest BCUT2D eigenvalue weighted by molar-refractivity contribution is 0.102. The number of anilines is 2. The Bertz CT molecular complexity index is 1080. The molecule has 0 saturated carbocycles. The van der Waals surface area contributed by atoms with Gasteiger partial charge in [-0.3, -0.25) is 14.7 Å². The minimum atomic E-state index is -0.156. The summed E-state index contributed by atoms with van der Waals surface area (Å²) in [5, 5.41) is 3.00. The fourth-order valence-corrected chi connectivity index (χ4v) is 4.57. The molecule has 6 heteroatoms. The lowest BCUT2D eigenvalue weighted by atomic mass is 10.1. The Hall–Kier alpha value is -3.38. The number of benzene rings is 2. The molecule has 2 aromatic carbocycles. The van der Waals surface area contributed by atoms with Gasteiger partial charge in [0.25, 0.3) is 5.91 Å². The van der Waals surface area contributed by atoms with Gasteiger partial charge in [0, 0.05) is 55.0 Å². The first kappa shape index (κ1) is 20.5. The van der Waals surface area contributed by atoms with Gasteiger partial charge >= 0.3 is 0 Å². The maximum Gasteiger partial charge on any atom is 0.255 e. The van der Waals surface area contributed by atoms with Crippen LogP contribution in [0.5, 0.6) is 11.5 Å². The first-order valence-electron chi connectivity index (χ1n) is 11.2. The van der Waals surface area contributed by atoms with Crippen LogP contribution in [0.2, 0.25) is 0 Å². The molecule has 0 aliphatic carbocycles. The van der Waals surface area contributed by atoms with Crippen LogP contribution in [0.4, 0.5) is 11.4 Å². The molecule has 0 spiro atoms. The summed E-state index contributed by atoms with van der Waals surface area (Å²) in [4.78, 5) is 21.9. The van der Waals surface area contributed by atoms with E-state index in [1.54, 1.807) is 30.6 Å². The van der Waals surface area contributed by atoms with Crippen LogP contribution in [0.25, 0.3) is 0 Å². The Kier molecular flexibility index (Phi) is 5.77. The summed E-state index contributed by atoms with van der Waals surface area (Å²) >= 11 is 0. The van der Waals surface area contributed by atoms with Crippen molar-refractivity contribution >= 4 is 17.3 Å². The van der Waals surface area contributed by atoms with Gasteiger partial charge in [-0.2, -0.15) is 0 Å². The third-order valence-electron chi connectivity index (χ3n) is 6.41. The quantitative estimate of drug-likeness (QED) is 0.637. The SMILES string of the molecule is Cc1ccc(C(=O)Nc2ccc(N3CCN4CCCC4C3)cc2)cc1Oc1ccncc1. The molecule has 1 unspecified atom stereocenters. The third-order valence-corrected chi connectivity index (χ3v) is 6.41. The van der Waals surface area contributed by atoms with Gasteiger partial charge in [-0.05, 0) is 80.4 Å². The number of amides is 1. The molecule has 2 aliphatic heterocycles. The smallest absolute Gasteiger partial charge is 0.255 e. The molecule has 5 rings (SSSR count). The number of carbonyl (C=O) groups excluding carboxylic acids is 1. The molecule has 3 aromatic rings. The van der Waals surface area contributed by atoms with E-state index in [0.717, 1.165) is 30.9 Å². The van der Waals surface area contributed by atoms with Crippen LogP contribution in [0.3, 0.4) is 0 Å². The van der Waals surface area contributed by atoms with E-state index in [1.165, 1.54) is 25.1 Å². The summed E-state index contributed by atoms with van der Waals surface area (Å²) in [5.74, 6) is 1.19. The number of nitrogens with zero attached hydrogens (tertiary/aromatic N) is 3. The van der Waals surface area contributed by atoms with Crippen molar-refractivity contribution in [1.29, 1.82) is 0 Å². The highest BCUT2D eigenvalue weighted by Crippen LogP contribution is 2.28. The standard InChI is InChI=1S/C26H28N4O2/c1-19-4-5-20(17-25(19)32-24-10-12-27-13-11-24)26(31)28-21-6-8-22(9-7-21)30-16-15-29-14-2-3-23(29)18-30/h4-13,17,23H,2-3,14-16,18H2,1H3,(H,28,31). The zero-order chi connectivity index (χ0) is 21.9. The number of carbonyl (C=O) groups is 1. The average Bonchev–Trinajstić information content (AvgIpc) is 3.30. The molecule has 2 aliphatic rings. The van der Waals surface area contributed by atoms with Gasteiger partial charge in [0.05, 0.1) is 0 Å². The van der Waals surface area contributed by atoms with Crippen molar-refractivity contribution in [2.75, 3.05) is 36.4 Å². The van der Waals surface area contributed by atoms with E-state index in [4.69, 9.17) is 4.74 Å². The largest absolute Gasteiger partial charge is 0.457 e. The molecule has 0 bridgehead atoms.